The summed E-state index contributed by atoms with van der Waals surface area (Å²) in [6.07, 6.45) is 2.77. The predicted octanol–water partition coefficient (Wildman–Crippen LogP) is 1.82. The highest BCUT2D eigenvalue weighted by Gasteiger charge is 2.43. The van der Waals surface area contributed by atoms with E-state index in [1.165, 1.54) is 6.07 Å². The third-order valence-electron chi connectivity index (χ3n) is 4.51. The SMILES string of the molecule is Cc1cc(C(=O)O)cc(C(=O)N2C3CCC2CC(O)C3)c1. The van der Waals surface area contributed by atoms with E-state index in [4.69, 9.17) is 5.11 Å². The van der Waals surface area contributed by atoms with E-state index in [2.05, 4.69) is 0 Å². The second-order valence-corrected chi connectivity index (χ2v) is 6.12. The number of aryl methyl sites for hydroxylation is 1. The number of fused-ring (bicyclic) bond motifs is 2. The smallest absolute Gasteiger partial charge is 0.335 e. The molecule has 2 N–H and O–H groups in total. The van der Waals surface area contributed by atoms with E-state index >= 15 is 0 Å². The number of carboxylic acid groups (broad SMARTS) is 1. The summed E-state index contributed by atoms with van der Waals surface area (Å²) in [5.41, 5.74) is 1.34. The third-order valence-corrected chi connectivity index (χ3v) is 4.51. The van der Waals surface area contributed by atoms with Crippen LogP contribution >= 0.6 is 0 Å². The van der Waals surface area contributed by atoms with Crippen LogP contribution in [0.5, 0.6) is 0 Å². The van der Waals surface area contributed by atoms with E-state index in [1.54, 1.807) is 19.1 Å². The van der Waals surface area contributed by atoms with Gasteiger partial charge >= 0.3 is 5.97 Å². The van der Waals surface area contributed by atoms with Gasteiger partial charge in [-0.2, -0.15) is 0 Å². The Bertz CT molecular complexity index is 584. The summed E-state index contributed by atoms with van der Waals surface area (Å²) in [4.78, 5) is 25.7. The Balaban J connectivity index is 1.91. The number of aromatic carboxylic acids is 1. The summed E-state index contributed by atoms with van der Waals surface area (Å²) in [7, 11) is 0. The fraction of sp³-hybridized carbons (Fsp3) is 0.500. The van der Waals surface area contributed by atoms with E-state index in [9.17, 15) is 14.7 Å². The topological polar surface area (TPSA) is 77.8 Å². The molecule has 0 aromatic heterocycles. The van der Waals surface area contributed by atoms with Gasteiger partial charge in [-0.1, -0.05) is 0 Å². The number of carbonyl (C=O) groups is 2. The van der Waals surface area contributed by atoms with Crippen LogP contribution in [0.4, 0.5) is 0 Å². The number of carboxylic acids is 1. The second kappa shape index (κ2) is 5.15. The lowest BCUT2D eigenvalue weighted by Gasteiger charge is -2.37. The first-order chi connectivity index (χ1) is 9.95. The molecule has 2 aliphatic heterocycles. The van der Waals surface area contributed by atoms with E-state index in [0.717, 1.165) is 18.4 Å². The standard InChI is InChI=1S/C16H19NO4/c1-9-4-10(6-11(5-9)16(20)21)15(19)17-12-2-3-13(17)8-14(18)7-12/h4-6,12-14,18H,2-3,7-8H2,1H3,(H,20,21). The first-order valence-electron chi connectivity index (χ1n) is 7.31. The van der Waals surface area contributed by atoms with Crippen LogP contribution in [0.15, 0.2) is 18.2 Å². The lowest BCUT2D eigenvalue weighted by atomic mass is 9.97. The number of aliphatic hydroxyl groups is 1. The number of benzene rings is 1. The van der Waals surface area contributed by atoms with Gasteiger partial charge in [0.1, 0.15) is 0 Å². The van der Waals surface area contributed by atoms with E-state index in [0.29, 0.717) is 18.4 Å². The van der Waals surface area contributed by atoms with Crippen molar-refractivity contribution < 1.29 is 19.8 Å². The molecule has 2 atom stereocenters. The van der Waals surface area contributed by atoms with Crippen LogP contribution in [0.2, 0.25) is 0 Å². The minimum atomic E-state index is -1.02. The Hall–Kier alpha value is -1.88. The van der Waals surface area contributed by atoms with Crippen LogP contribution in [-0.2, 0) is 0 Å². The van der Waals surface area contributed by atoms with Gasteiger partial charge < -0.3 is 15.1 Å². The molecule has 5 nitrogen and oxygen atoms in total. The summed E-state index contributed by atoms with van der Waals surface area (Å²) in [6, 6.07) is 4.91. The normalized spacial score (nSPS) is 27.7. The molecule has 0 saturated carbocycles. The number of rotatable bonds is 2. The molecule has 0 aliphatic carbocycles. The van der Waals surface area contributed by atoms with Crippen LogP contribution < -0.4 is 0 Å². The molecular formula is C16H19NO4. The van der Waals surface area contributed by atoms with Crippen LogP contribution in [-0.4, -0.2) is 45.2 Å². The summed E-state index contributed by atoms with van der Waals surface area (Å²) >= 11 is 0. The van der Waals surface area contributed by atoms with Crippen LogP contribution in [0, 0.1) is 6.92 Å². The molecule has 2 aliphatic rings. The first-order valence-corrected chi connectivity index (χ1v) is 7.31. The molecule has 0 radical (unpaired) electrons. The molecule has 5 heteroatoms. The molecule has 112 valence electrons. The Kier molecular flexibility index (Phi) is 3.45. The van der Waals surface area contributed by atoms with Crippen molar-refractivity contribution in [1.82, 2.24) is 4.90 Å². The molecule has 1 amide bonds. The zero-order valence-electron chi connectivity index (χ0n) is 12.0. The van der Waals surface area contributed by atoms with Crippen LogP contribution in [0.1, 0.15) is 52.0 Å². The fourth-order valence-electron chi connectivity index (χ4n) is 3.66. The van der Waals surface area contributed by atoms with Gasteiger partial charge in [-0.25, -0.2) is 4.79 Å². The Morgan fingerprint density at radius 3 is 2.24 bits per heavy atom. The maximum absolute atomic E-state index is 12.7. The molecule has 2 unspecified atom stereocenters. The lowest BCUT2D eigenvalue weighted by molar-refractivity contribution is 0.0287. The minimum absolute atomic E-state index is 0.0834. The van der Waals surface area contributed by atoms with Gasteiger partial charge in [-0.3, -0.25) is 4.79 Å². The van der Waals surface area contributed by atoms with Crippen molar-refractivity contribution in [1.29, 1.82) is 0 Å². The van der Waals surface area contributed by atoms with Gasteiger partial charge in [0.2, 0.25) is 0 Å². The van der Waals surface area contributed by atoms with Gasteiger partial charge in [0.15, 0.2) is 0 Å². The summed E-state index contributed by atoms with van der Waals surface area (Å²) in [5.74, 6) is -1.13. The molecular weight excluding hydrogens is 270 g/mol. The number of carbonyl (C=O) groups excluding carboxylic acids is 1. The molecule has 3 rings (SSSR count). The van der Waals surface area contributed by atoms with E-state index in [1.807, 2.05) is 4.90 Å². The summed E-state index contributed by atoms with van der Waals surface area (Å²) < 4.78 is 0. The quantitative estimate of drug-likeness (QED) is 0.870. The fourth-order valence-corrected chi connectivity index (χ4v) is 3.66. The zero-order valence-corrected chi connectivity index (χ0v) is 12.0. The number of aliphatic hydroxyl groups excluding tert-OH is 1. The van der Waals surface area contributed by atoms with Gasteiger partial charge in [0.25, 0.3) is 5.91 Å². The van der Waals surface area contributed by atoms with Gasteiger partial charge in [0, 0.05) is 17.6 Å². The maximum atomic E-state index is 12.7. The van der Waals surface area contributed by atoms with Gasteiger partial charge in [0.05, 0.1) is 11.7 Å². The Morgan fingerprint density at radius 1 is 1.10 bits per heavy atom. The molecule has 2 bridgehead atoms. The molecule has 1 aromatic carbocycles. The Labute approximate surface area is 123 Å². The molecule has 2 saturated heterocycles. The number of hydrogen-bond donors (Lipinski definition) is 2. The number of hydrogen-bond acceptors (Lipinski definition) is 3. The summed E-state index contributed by atoms with van der Waals surface area (Å²) in [6.45, 7) is 1.79. The van der Waals surface area contributed by atoms with Gasteiger partial charge in [-0.05, 0) is 56.4 Å². The van der Waals surface area contributed by atoms with Crippen molar-refractivity contribution in [2.45, 2.75) is 50.8 Å². The first kappa shape index (κ1) is 14.1. The monoisotopic (exact) mass is 289 g/mol. The second-order valence-electron chi connectivity index (χ2n) is 6.12. The summed E-state index contributed by atoms with van der Waals surface area (Å²) in [5, 5.41) is 18.9. The molecule has 1 aromatic rings. The molecule has 2 fully saturated rings. The molecule has 2 heterocycles. The van der Waals surface area contributed by atoms with E-state index < -0.39 is 5.97 Å². The Morgan fingerprint density at radius 2 is 1.67 bits per heavy atom. The zero-order chi connectivity index (χ0) is 15.1. The lowest BCUT2D eigenvalue weighted by Crippen LogP contribution is -2.48. The van der Waals surface area contributed by atoms with Crippen molar-refractivity contribution in [3.8, 4) is 0 Å². The van der Waals surface area contributed by atoms with Gasteiger partial charge in [-0.15, -0.1) is 0 Å². The van der Waals surface area contributed by atoms with Crippen molar-refractivity contribution in [3.63, 3.8) is 0 Å². The molecule has 0 spiro atoms. The highest BCUT2D eigenvalue weighted by atomic mass is 16.4. The highest BCUT2D eigenvalue weighted by Crippen LogP contribution is 2.36. The average molecular weight is 289 g/mol. The predicted molar refractivity (Wildman–Crippen MR) is 76.4 cm³/mol. The number of nitrogens with zero attached hydrogens (tertiary/aromatic N) is 1. The maximum Gasteiger partial charge on any atom is 0.335 e. The number of piperidine rings is 1. The highest BCUT2D eigenvalue weighted by molar-refractivity contribution is 5.98. The molecule has 21 heavy (non-hydrogen) atoms. The third kappa shape index (κ3) is 2.53. The van der Waals surface area contributed by atoms with Crippen molar-refractivity contribution >= 4 is 11.9 Å². The van der Waals surface area contributed by atoms with Crippen molar-refractivity contribution in [2.75, 3.05) is 0 Å². The average Bonchev–Trinajstić information content (AvgIpc) is 2.69. The number of amides is 1. The van der Waals surface area contributed by atoms with Crippen LogP contribution in [0.25, 0.3) is 0 Å². The van der Waals surface area contributed by atoms with Crippen molar-refractivity contribution in [3.05, 3.63) is 34.9 Å². The largest absolute Gasteiger partial charge is 0.478 e. The van der Waals surface area contributed by atoms with E-state index in [-0.39, 0.29) is 29.7 Å². The minimum Gasteiger partial charge on any atom is -0.478 e. The van der Waals surface area contributed by atoms with Crippen LogP contribution in [0.3, 0.4) is 0 Å². The van der Waals surface area contributed by atoms with Crippen molar-refractivity contribution in [2.24, 2.45) is 0 Å².